The van der Waals surface area contributed by atoms with Crippen molar-refractivity contribution in [3.05, 3.63) is 33.8 Å². The molecular formula is C13H20Cl2N2O. The predicted octanol–water partition coefficient (Wildman–Crippen LogP) is 2.74. The van der Waals surface area contributed by atoms with Crippen LogP contribution in [0.1, 0.15) is 31.9 Å². The molecule has 0 spiro atoms. The topological polar surface area (TPSA) is 58.3 Å². The minimum absolute atomic E-state index is 0.0649. The lowest BCUT2D eigenvalue weighted by Gasteiger charge is -2.24. The van der Waals surface area contributed by atoms with E-state index in [1.165, 1.54) is 0 Å². The molecular weight excluding hydrogens is 271 g/mol. The molecule has 0 heterocycles. The average molecular weight is 291 g/mol. The Morgan fingerprint density at radius 1 is 1.33 bits per heavy atom. The van der Waals surface area contributed by atoms with Gasteiger partial charge in [-0.15, -0.1) is 0 Å². The number of halogens is 2. The molecule has 1 rings (SSSR count). The van der Waals surface area contributed by atoms with E-state index in [2.05, 4.69) is 5.32 Å². The standard InChI is InChI=1S/C13H20Cl2N2O/c1-8(6-9(2)18)17-12(7-16)10-4-3-5-11(14)13(10)15/h3-5,8-9,12,17-18H,6-7,16H2,1-2H3. The second-order valence-corrected chi connectivity index (χ2v) is 5.37. The molecule has 0 radical (unpaired) electrons. The molecule has 0 bridgehead atoms. The molecule has 0 aliphatic rings. The van der Waals surface area contributed by atoms with Crippen molar-refractivity contribution in [2.75, 3.05) is 6.54 Å². The zero-order valence-corrected chi connectivity index (χ0v) is 12.2. The molecule has 102 valence electrons. The Labute approximate surface area is 118 Å². The van der Waals surface area contributed by atoms with Gasteiger partial charge in [0.15, 0.2) is 0 Å². The van der Waals surface area contributed by atoms with Gasteiger partial charge in [0.2, 0.25) is 0 Å². The van der Waals surface area contributed by atoms with Gasteiger partial charge in [-0.2, -0.15) is 0 Å². The maximum atomic E-state index is 9.36. The largest absolute Gasteiger partial charge is 0.393 e. The third-order valence-electron chi connectivity index (χ3n) is 2.77. The first-order valence-corrected chi connectivity index (χ1v) is 6.79. The van der Waals surface area contributed by atoms with Crippen molar-refractivity contribution in [3.8, 4) is 0 Å². The van der Waals surface area contributed by atoms with E-state index in [4.69, 9.17) is 28.9 Å². The van der Waals surface area contributed by atoms with Crippen molar-refractivity contribution in [2.24, 2.45) is 5.73 Å². The van der Waals surface area contributed by atoms with E-state index >= 15 is 0 Å². The van der Waals surface area contributed by atoms with E-state index in [0.29, 0.717) is 23.0 Å². The summed E-state index contributed by atoms with van der Waals surface area (Å²) in [5.41, 5.74) is 6.67. The molecule has 3 nitrogen and oxygen atoms in total. The summed E-state index contributed by atoms with van der Waals surface area (Å²) in [6, 6.07) is 5.60. The Kier molecular flexibility index (Phi) is 6.39. The van der Waals surface area contributed by atoms with E-state index in [1.807, 2.05) is 19.1 Å². The number of nitrogens with one attached hydrogen (secondary N) is 1. The fourth-order valence-corrected chi connectivity index (χ4v) is 2.44. The Morgan fingerprint density at radius 3 is 2.56 bits per heavy atom. The fraction of sp³-hybridized carbons (Fsp3) is 0.538. The number of hydrogen-bond donors (Lipinski definition) is 3. The van der Waals surface area contributed by atoms with Gasteiger partial charge >= 0.3 is 0 Å². The van der Waals surface area contributed by atoms with Crippen LogP contribution in [0.25, 0.3) is 0 Å². The van der Waals surface area contributed by atoms with Crippen LogP contribution >= 0.6 is 23.2 Å². The SMILES string of the molecule is CC(O)CC(C)NC(CN)c1cccc(Cl)c1Cl. The van der Waals surface area contributed by atoms with Crippen molar-refractivity contribution in [2.45, 2.75) is 38.5 Å². The molecule has 18 heavy (non-hydrogen) atoms. The first kappa shape index (κ1) is 15.7. The van der Waals surface area contributed by atoms with Gasteiger partial charge in [0.25, 0.3) is 0 Å². The first-order valence-electron chi connectivity index (χ1n) is 6.03. The molecule has 0 saturated heterocycles. The number of nitrogens with two attached hydrogens (primary N) is 1. The Bertz CT molecular complexity index is 385. The third-order valence-corrected chi connectivity index (χ3v) is 3.61. The molecule has 5 heteroatoms. The maximum Gasteiger partial charge on any atom is 0.0640 e. The van der Waals surface area contributed by atoms with Crippen LogP contribution in [0.2, 0.25) is 10.0 Å². The molecule has 0 aliphatic carbocycles. The summed E-state index contributed by atoms with van der Waals surface area (Å²) in [7, 11) is 0. The number of benzene rings is 1. The molecule has 4 N–H and O–H groups in total. The zero-order valence-electron chi connectivity index (χ0n) is 10.7. The number of aliphatic hydroxyl groups excluding tert-OH is 1. The normalized spacial score (nSPS) is 16.3. The number of aliphatic hydroxyl groups is 1. The van der Waals surface area contributed by atoms with Crippen LogP contribution < -0.4 is 11.1 Å². The summed E-state index contributed by atoms with van der Waals surface area (Å²) >= 11 is 12.2. The van der Waals surface area contributed by atoms with E-state index in [1.54, 1.807) is 13.0 Å². The van der Waals surface area contributed by atoms with Crippen LogP contribution in [0.5, 0.6) is 0 Å². The van der Waals surface area contributed by atoms with E-state index < -0.39 is 0 Å². The maximum absolute atomic E-state index is 9.36. The Morgan fingerprint density at radius 2 is 2.00 bits per heavy atom. The second kappa shape index (κ2) is 7.31. The summed E-state index contributed by atoms with van der Waals surface area (Å²) in [5, 5.41) is 13.8. The summed E-state index contributed by atoms with van der Waals surface area (Å²) in [5.74, 6) is 0. The van der Waals surface area contributed by atoms with Crippen LogP contribution in [0, 0.1) is 0 Å². The average Bonchev–Trinajstić information content (AvgIpc) is 2.29. The van der Waals surface area contributed by atoms with Crippen LogP contribution in [0.15, 0.2) is 18.2 Å². The minimum Gasteiger partial charge on any atom is -0.393 e. The quantitative estimate of drug-likeness (QED) is 0.755. The van der Waals surface area contributed by atoms with Crippen LogP contribution in [0.3, 0.4) is 0 Å². The van der Waals surface area contributed by atoms with Crippen molar-refractivity contribution < 1.29 is 5.11 Å². The van der Waals surface area contributed by atoms with Gasteiger partial charge in [0, 0.05) is 18.6 Å². The van der Waals surface area contributed by atoms with Gasteiger partial charge in [-0.1, -0.05) is 35.3 Å². The van der Waals surface area contributed by atoms with Gasteiger partial charge < -0.3 is 16.2 Å². The molecule has 1 aromatic rings. The van der Waals surface area contributed by atoms with E-state index in [0.717, 1.165) is 5.56 Å². The zero-order chi connectivity index (χ0) is 13.7. The lowest BCUT2D eigenvalue weighted by Crippen LogP contribution is -2.36. The molecule has 0 aliphatic heterocycles. The highest BCUT2D eigenvalue weighted by Gasteiger charge is 2.17. The molecule has 3 unspecified atom stereocenters. The van der Waals surface area contributed by atoms with Gasteiger partial charge in [-0.05, 0) is 31.9 Å². The van der Waals surface area contributed by atoms with Crippen molar-refractivity contribution in [1.29, 1.82) is 0 Å². The van der Waals surface area contributed by atoms with Crippen molar-refractivity contribution in [3.63, 3.8) is 0 Å². The Hall–Kier alpha value is -0.320. The highest BCUT2D eigenvalue weighted by Crippen LogP contribution is 2.29. The summed E-state index contributed by atoms with van der Waals surface area (Å²) in [4.78, 5) is 0. The lowest BCUT2D eigenvalue weighted by atomic mass is 10.0. The predicted molar refractivity (Wildman–Crippen MR) is 77.2 cm³/mol. The first-order chi connectivity index (χ1) is 8.45. The fourth-order valence-electron chi connectivity index (χ4n) is 2.00. The van der Waals surface area contributed by atoms with E-state index in [-0.39, 0.29) is 18.2 Å². The van der Waals surface area contributed by atoms with Crippen molar-refractivity contribution in [1.82, 2.24) is 5.32 Å². The molecule has 0 aromatic heterocycles. The smallest absolute Gasteiger partial charge is 0.0640 e. The van der Waals surface area contributed by atoms with Crippen LogP contribution in [0.4, 0.5) is 0 Å². The molecule has 0 fully saturated rings. The van der Waals surface area contributed by atoms with Crippen LogP contribution in [-0.4, -0.2) is 23.8 Å². The van der Waals surface area contributed by atoms with Gasteiger partial charge in [0.05, 0.1) is 16.1 Å². The molecule has 0 amide bonds. The molecule has 0 saturated carbocycles. The van der Waals surface area contributed by atoms with Gasteiger partial charge in [-0.3, -0.25) is 0 Å². The highest BCUT2D eigenvalue weighted by atomic mass is 35.5. The highest BCUT2D eigenvalue weighted by molar-refractivity contribution is 6.42. The third kappa shape index (κ3) is 4.41. The lowest BCUT2D eigenvalue weighted by molar-refractivity contribution is 0.168. The van der Waals surface area contributed by atoms with Gasteiger partial charge in [-0.25, -0.2) is 0 Å². The van der Waals surface area contributed by atoms with Crippen molar-refractivity contribution >= 4 is 23.2 Å². The van der Waals surface area contributed by atoms with E-state index in [9.17, 15) is 5.11 Å². The summed E-state index contributed by atoms with van der Waals surface area (Å²) < 4.78 is 0. The summed E-state index contributed by atoms with van der Waals surface area (Å²) in [6.45, 7) is 4.19. The molecule has 3 atom stereocenters. The second-order valence-electron chi connectivity index (χ2n) is 4.58. The van der Waals surface area contributed by atoms with Crippen LogP contribution in [-0.2, 0) is 0 Å². The van der Waals surface area contributed by atoms with Gasteiger partial charge in [0.1, 0.15) is 0 Å². The monoisotopic (exact) mass is 290 g/mol. The number of hydrogen-bond acceptors (Lipinski definition) is 3. The Balaban J connectivity index is 2.80. The number of rotatable bonds is 6. The summed E-state index contributed by atoms with van der Waals surface area (Å²) in [6.07, 6.45) is 0.315. The molecule has 1 aromatic carbocycles. The minimum atomic E-state index is -0.347.